The number of carboxylic acid groups (broad SMARTS) is 1. The molecule has 1 aromatic rings. The molecule has 1 aliphatic rings. The summed E-state index contributed by atoms with van der Waals surface area (Å²) in [5.74, 6) is -1.68. The number of likely N-dealkylation sites (tertiary alicyclic amines) is 1. The first-order valence-electron chi connectivity index (χ1n) is 6.30. The number of thiazole rings is 1. The first-order chi connectivity index (χ1) is 9.79. The average molecular weight is 322 g/mol. The lowest BCUT2D eigenvalue weighted by Gasteiger charge is -2.31. The Kier molecular flexibility index (Phi) is 4.50. The lowest BCUT2D eigenvalue weighted by molar-refractivity contribution is -0.138. The molecule has 0 bridgehead atoms. The van der Waals surface area contributed by atoms with E-state index >= 15 is 0 Å². The van der Waals surface area contributed by atoms with E-state index in [-0.39, 0.29) is 25.4 Å². The molecule has 1 aromatic heterocycles. The van der Waals surface area contributed by atoms with Crippen LogP contribution in [0.4, 0.5) is 13.2 Å². The van der Waals surface area contributed by atoms with Crippen molar-refractivity contribution in [2.75, 3.05) is 13.1 Å². The molecule has 0 spiro atoms. The predicted octanol–water partition coefficient (Wildman–Crippen LogP) is 2.49. The van der Waals surface area contributed by atoms with Crippen LogP contribution in [0.2, 0.25) is 0 Å². The number of hydrogen-bond donors (Lipinski definition) is 1. The molecule has 0 aromatic carbocycles. The molecule has 116 valence electrons. The molecule has 5 nitrogen and oxygen atoms in total. The number of alkyl halides is 3. The number of carboxylic acids is 1. The number of aromatic nitrogens is 1. The average Bonchev–Trinajstić information content (AvgIpc) is 2.87. The van der Waals surface area contributed by atoms with Crippen molar-refractivity contribution in [2.24, 2.45) is 5.92 Å². The lowest BCUT2D eigenvalue weighted by atomic mass is 9.93. The quantitative estimate of drug-likeness (QED) is 0.928. The molecule has 1 saturated heterocycles. The summed E-state index contributed by atoms with van der Waals surface area (Å²) in [7, 11) is 0. The van der Waals surface area contributed by atoms with Crippen LogP contribution >= 0.6 is 11.3 Å². The molecular formula is C12H13F3N2O3S. The maximum atomic E-state index is 12.7. The summed E-state index contributed by atoms with van der Waals surface area (Å²) in [6.07, 6.45) is -3.62. The smallest absolute Gasteiger partial charge is 0.427 e. The molecule has 1 aliphatic heterocycles. The van der Waals surface area contributed by atoms with Gasteiger partial charge in [0.05, 0.1) is 5.51 Å². The van der Waals surface area contributed by atoms with E-state index in [0.717, 1.165) is 5.51 Å². The highest BCUT2D eigenvalue weighted by atomic mass is 32.1. The van der Waals surface area contributed by atoms with Crippen molar-refractivity contribution >= 4 is 23.2 Å². The van der Waals surface area contributed by atoms with E-state index in [1.165, 1.54) is 4.90 Å². The van der Waals surface area contributed by atoms with Crippen molar-refractivity contribution in [3.8, 4) is 0 Å². The molecule has 0 atom stereocenters. The lowest BCUT2D eigenvalue weighted by Crippen LogP contribution is -2.39. The van der Waals surface area contributed by atoms with Gasteiger partial charge in [-0.1, -0.05) is 0 Å². The highest BCUT2D eigenvalue weighted by Crippen LogP contribution is 2.35. The summed E-state index contributed by atoms with van der Waals surface area (Å²) in [6, 6.07) is 0. The second-order valence-electron chi connectivity index (χ2n) is 4.86. The minimum atomic E-state index is -4.59. The first kappa shape index (κ1) is 15.7. The molecule has 1 fully saturated rings. The fourth-order valence-corrected chi connectivity index (χ4v) is 2.99. The van der Waals surface area contributed by atoms with Crippen molar-refractivity contribution in [3.63, 3.8) is 0 Å². The van der Waals surface area contributed by atoms with E-state index in [2.05, 4.69) is 4.98 Å². The molecule has 0 unspecified atom stereocenters. The largest absolute Gasteiger partial charge is 0.481 e. The van der Waals surface area contributed by atoms with Crippen molar-refractivity contribution in [2.45, 2.75) is 25.4 Å². The molecule has 2 rings (SSSR count). The predicted molar refractivity (Wildman–Crippen MR) is 68.0 cm³/mol. The van der Waals surface area contributed by atoms with Gasteiger partial charge in [-0.05, 0) is 18.8 Å². The van der Waals surface area contributed by atoms with Crippen LogP contribution < -0.4 is 0 Å². The van der Waals surface area contributed by atoms with Gasteiger partial charge in [-0.15, -0.1) is 11.3 Å². The number of carbonyl (C=O) groups excluding carboxylic acids is 1. The van der Waals surface area contributed by atoms with Crippen LogP contribution in [0.5, 0.6) is 0 Å². The second kappa shape index (κ2) is 6.00. The Morgan fingerprint density at radius 1 is 1.38 bits per heavy atom. The van der Waals surface area contributed by atoms with Crippen LogP contribution in [0, 0.1) is 5.92 Å². The Balaban J connectivity index is 2.03. The van der Waals surface area contributed by atoms with E-state index in [9.17, 15) is 22.8 Å². The Morgan fingerprint density at radius 2 is 2.00 bits per heavy atom. The number of piperidine rings is 1. The Labute approximate surface area is 122 Å². The number of rotatable bonds is 3. The number of aliphatic carboxylic acids is 1. The number of hydrogen-bond acceptors (Lipinski definition) is 4. The molecular weight excluding hydrogens is 309 g/mol. The molecule has 21 heavy (non-hydrogen) atoms. The maximum Gasteiger partial charge on any atom is 0.427 e. The second-order valence-corrected chi connectivity index (χ2v) is 5.72. The topological polar surface area (TPSA) is 70.5 Å². The van der Waals surface area contributed by atoms with Gasteiger partial charge in [0, 0.05) is 19.5 Å². The zero-order valence-corrected chi connectivity index (χ0v) is 11.7. The molecule has 1 amide bonds. The van der Waals surface area contributed by atoms with E-state index in [4.69, 9.17) is 5.11 Å². The molecule has 0 saturated carbocycles. The number of nitrogens with zero attached hydrogens (tertiary/aromatic N) is 2. The summed E-state index contributed by atoms with van der Waals surface area (Å²) >= 11 is 0.396. The van der Waals surface area contributed by atoms with Gasteiger partial charge in [-0.2, -0.15) is 13.2 Å². The van der Waals surface area contributed by atoms with E-state index in [1.807, 2.05) is 0 Å². The monoisotopic (exact) mass is 322 g/mol. The van der Waals surface area contributed by atoms with Crippen molar-refractivity contribution in [1.82, 2.24) is 9.88 Å². The highest BCUT2D eigenvalue weighted by Gasteiger charge is 2.39. The van der Waals surface area contributed by atoms with Gasteiger partial charge in [0.15, 0.2) is 5.69 Å². The standard InChI is InChI=1S/C12H13F3N2O3S/c13-12(14,15)10-9(16-6-21-10)11(20)17-3-1-7(2-4-17)5-8(18)19/h6-7H,1-5H2,(H,18,19). The van der Waals surface area contributed by atoms with E-state index < -0.39 is 28.6 Å². The van der Waals surface area contributed by atoms with Crippen LogP contribution in [0.1, 0.15) is 34.6 Å². The summed E-state index contributed by atoms with van der Waals surface area (Å²) < 4.78 is 38.2. The third-order valence-electron chi connectivity index (χ3n) is 3.39. The SMILES string of the molecule is O=C(O)CC1CCN(C(=O)c2ncsc2C(F)(F)F)CC1. The van der Waals surface area contributed by atoms with Gasteiger partial charge >= 0.3 is 12.1 Å². The normalized spacial score (nSPS) is 17.0. The third kappa shape index (κ3) is 3.72. The molecule has 0 radical (unpaired) electrons. The van der Waals surface area contributed by atoms with Gasteiger partial charge in [0.1, 0.15) is 4.88 Å². The fourth-order valence-electron chi connectivity index (χ4n) is 2.34. The van der Waals surface area contributed by atoms with E-state index in [1.54, 1.807) is 0 Å². The van der Waals surface area contributed by atoms with Crippen molar-refractivity contribution in [3.05, 3.63) is 16.1 Å². The Morgan fingerprint density at radius 3 is 2.52 bits per heavy atom. The van der Waals surface area contributed by atoms with Gasteiger partial charge in [-0.25, -0.2) is 4.98 Å². The molecule has 9 heteroatoms. The molecule has 1 N–H and O–H groups in total. The summed E-state index contributed by atoms with van der Waals surface area (Å²) in [4.78, 5) is 26.6. The Hall–Kier alpha value is -1.64. The van der Waals surface area contributed by atoms with Crippen LogP contribution in [-0.2, 0) is 11.0 Å². The first-order valence-corrected chi connectivity index (χ1v) is 7.18. The summed E-state index contributed by atoms with van der Waals surface area (Å²) in [5.41, 5.74) is 0.442. The minimum absolute atomic E-state index is 0.0204. The highest BCUT2D eigenvalue weighted by molar-refractivity contribution is 7.10. The van der Waals surface area contributed by atoms with Crippen LogP contribution in [0.3, 0.4) is 0 Å². The van der Waals surface area contributed by atoms with Gasteiger partial charge < -0.3 is 10.0 Å². The van der Waals surface area contributed by atoms with Crippen molar-refractivity contribution < 1.29 is 27.9 Å². The maximum absolute atomic E-state index is 12.7. The number of carbonyl (C=O) groups is 2. The zero-order valence-electron chi connectivity index (χ0n) is 10.9. The minimum Gasteiger partial charge on any atom is -0.481 e. The van der Waals surface area contributed by atoms with Gasteiger partial charge in [0.2, 0.25) is 0 Å². The summed E-state index contributed by atoms with van der Waals surface area (Å²) in [6.45, 7) is 0.511. The molecule has 0 aliphatic carbocycles. The van der Waals surface area contributed by atoms with Crippen LogP contribution in [0.25, 0.3) is 0 Å². The van der Waals surface area contributed by atoms with Crippen molar-refractivity contribution in [1.29, 1.82) is 0 Å². The van der Waals surface area contributed by atoms with E-state index in [0.29, 0.717) is 24.2 Å². The fraction of sp³-hybridized carbons (Fsp3) is 0.583. The van der Waals surface area contributed by atoms with Gasteiger partial charge in [0.25, 0.3) is 5.91 Å². The number of amides is 1. The Bertz CT molecular complexity index is 536. The third-order valence-corrected chi connectivity index (χ3v) is 4.26. The zero-order chi connectivity index (χ0) is 15.6. The molecule has 2 heterocycles. The van der Waals surface area contributed by atoms with Crippen LogP contribution in [-0.4, -0.2) is 40.0 Å². The van der Waals surface area contributed by atoms with Crippen LogP contribution in [0.15, 0.2) is 5.51 Å². The number of halogens is 3. The summed E-state index contributed by atoms with van der Waals surface area (Å²) in [5, 5.41) is 8.70. The van der Waals surface area contributed by atoms with Gasteiger partial charge in [-0.3, -0.25) is 9.59 Å².